The van der Waals surface area contributed by atoms with Crippen LogP contribution >= 0.6 is 0 Å². The zero-order valence-corrected chi connectivity index (χ0v) is 9.72. The molecule has 100 valence electrons. The van der Waals surface area contributed by atoms with Gasteiger partial charge in [0.1, 0.15) is 18.3 Å². The molecule has 0 saturated carbocycles. The Hall–Kier alpha value is -1.41. The van der Waals surface area contributed by atoms with Gasteiger partial charge < -0.3 is 29.7 Å². The van der Waals surface area contributed by atoms with Gasteiger partial charge in [-0.2, -0.15) is 0 Å². The largest absolute Gasteiger partial charge is 0.465 e. The van der Waals surface area contributed by atoms with Crippen molar-refractivity contribution in [3.63, 3.8) is 0 Å². The number of rotatable bonds is 2. The van der Waals surface area contributed by atoms with Crippen LogP contribution in [0.25, 0.3) is 0 Å². The molecule has 0 spiro atoms. The summed E-state index contributed by atoms with van der Waals surface area (Å²) >= 11 is 0. The lowest BCUT2D eigenvalue weighted by atomic mass is 9.93. The Morgan fingerprint density at radius 3 is 2.61 bits per heavy atom. The zero-order valence-electron chi connectivity index (χ0n) is 9.72. The van der Waals surface area contributed by atoms with Gasteiger partial charge in [-0.1, -0.05) is 0 Å². The quantitative estimate of drug-likeness (QED) is 0.484. The predicted molar refractivity (Wildman–Crippen MR) is 58.9 cm³/mol. The summed E-state index contributed by atoms with van der Waals surface area (Å²) in [5, 5.41) is 38.6. The number of nitrogens with zero attached hydrogens (tertiary/aromatic N) is 1. The van der Waals surface area contributed by atoms with Crippen LogP contribution < -0.4 is 0 Å². The zero-order chi connectivity index (χ0) is 13.4. The molecule has 0 radical (unpaired) electrons. The summed E-state index contributed by atoms with van der Waals surface area (Å²) in [6.07, 6.45) is -2.73. The van der Waals surface area contributed by atoms with E-state index in [1.54, 1.807) is 0 Å². The molecule has 1 aromatic heterocycles. The highest BCUT2D eigenvalue weighted by Crippen LogP contribution is 2.35. The van der Waals surface area contributed by atoms with Crippen LogP contribution in [0.4, 0.5) is 0 Å². The van der Waals surface area contributed by atoms with Crippen molar-refractivity contribution >= 4 is 5.97 Å². The fourth-order valence-corrected chi connectivity index (χ4v) is 2.28. The second-order valence-corrected chi connectivity index (χ2v) is 4.19. The Labute approximate surface area is 103 Å². The highest BCUT2D eigenvalue weighted by atomic mass is 16.5. The first-order chi connectivity index (χ1) is 8.52. The molecule has 0 fully saturated rings. The van der Waals surface area contributed by atoms with E-state index in [-0.39, 0.29) is 11.3 Å². The van der Waals surface area contributed by atoms with Crippen molar-refractivity contribution in [1.29, 1.82) is 0 Å². The van der Waals surface area contributed by atoms with Crippen molar-refractivity contribution in [2.75, 3.05) is 13.7 Å². The van der Waals surface area contributed by atoms with Crippen LogP contribution in [0.15, 0.2) is 12.3 Å². The van der Waals surface area contributed by atoms with Crippen LogP contribution in [0, 0.1) is 0 Å². The minimum Gasteiger partial charge on any atom is -0.465 e. The van der Waals surface area contributed by atoms with Crippen molar-refractivity contribution in [3.05, 3.63) is 23.5 Å². The normalized spacial score (nSPS) is 30.9. The molecule has 0 amide bonds. The molecule has 0 saturated heterocycles. The van der Waals surface area contributed by atoms with Gasteiger partial charge in [0.05, 0.1) is 31.0 Å². The van der Waals surface area contributed by atoms with Crippen molar-refractivity contribution in [2.45, 2.75) is 24.4 Å². The Kier molecular flexibility index (Phi) is 3.40. The Morgan fingerprint density at radius 2 is 2.06 bits per heavy atom. The molecule has 0 bridgehead atoms. The molecule has 2 rings (SSSR count). The number of esters is 1. The molecule has 1 aliphatic rings. The predicted octanol–water partition coefficient (Wildman–Crippen LogP) is -1.42. The smallest absolute Gasteiger partial charge is 0.339 e. The number of carbonyl (C=O) groups is 1. The number of aliphatic hydroxyl groups excluding tert-OH is 4. The fraction of sp³-hybridized carbons (Fsp3) is 0.545. The maximum atomic E-state index is 11.5. The second kappa shape index (κ2) is 4.69. The van der Waals surface area contributed by atoms with Gasteiger partial charge in [-0.25, -0.2) is 4.79 Å². The van der Waals surface area contributed by atoms with Gasteiger partial charge in [0.2, 0.25) is 0 Å². The number of fused-ring (bicyclic) bond motifs is 1. The average molecular weight is 257 g/mol. The maximum Gasteiger partial charge on any atom is 0.339 e. The Morgan fingerprint density at radius 1 is 1.39 bits per heavy atom. The summed E-state index contributed by atoms with van der Waals surface area (Å²) in [4.78, 5) is 11.5. The van der Waals surface area contributed by atoms with Gasteiger partial charge in [0.25, 0.3) is 0 Å². The number of hydrogen-bond donors (Lipinski definition) is 4. The molecule has 0 aliphatic carbocycles. The van der Waals surface area contributed by atoms with Crippen molar-refractivity contribution in [1.82, 2.24) is 4.57 Å². The van der Waals surface area contributed by atoms with E-state index in [1.807, 2.05) is 0 Å². The summed E-state index contributed by atoms with van der Waals surface area (Å²) in [6, 6.07) is 0.606. The van der Waals surface area contributed by atoms with E-state index in [1.165, 1.54) is 23.9 Å². The van der Waals surface area contributed by atoms with E-state index in [9.17, 15) is 25.2 Å². The lowest BCUT2D eigenvalue weighted by Crippen LogP contribution is -2.46. The van der Waals surface area contributed by atoms with Gasteiger partial charge >= 0.3 is 5.97 Å². The van der Waals surface area contributed by atoms with Crippen molar-refractivity contribution in [2.24, 2.45) is 0 Å². The van der Waals surface area contributed by atoms with E-state index in [0.717, 1.165) is 0 Å². The highest BCUT2D eigenvalue weighted by molar-refractivity contribution is 5.91. The topological polar surface area (TPSA) is 112 Å². The van der Waals surface area contributed by atoms with E-state index in [2.05, 4.69) is 4.74 Å². The van der Waals surface area contributed by atoms with Crippen LogP contribution in [-0.2, 0) is 4.74 Å². The van der Waals surface area contributed by atoms with Gasteiger partial charge in [-0.3, -0.25) is 0 Å². The van der Waals surface area contributed by atoms with Gasteiger partial charge in [-0.15, -0.1) is 0 Å². The first-order valence-corrected chi connectivity index (χ1v) is 5.47. The highest BCUT2D eigenvalue weighted by Gasteiger charge is 2.42. The molecule has 4 atom stereocenters. The van der Waals surface area contributed by atoms with Gasteiger partial charge in [-0.05, 0) is 6.07 Å². The fourth-order valence-electron chi connectivity index (χ4n) is 2.28. The minimum atomic E-state index is -1.46. The van der Waals surface area contributed by atoms with Gasteiger partial charge in [0, 0.05) is 6.20 Å². The minimum absolute atomic E-state index is 0.106. The molecule has 2 heterocycles. The van der Waals surface area contributed by atoms with Crippen molar-refractivity contribution < 1.29 is 30.0 Å². The molecule has 1 aromatic rings. The third kappa shape index (κ3) is 1.72. The average Bonchev–Trinajstić information content (AvgIpc) is 2.80. The maximum absolute atomic E-state index is 11.5. The van der Waals surface area contributed by atoms with Crippen molar-refractivity contribution in [3.8, 4) is 0 Å². The number of ether oxygens (including phenoxy) is 1. The number of aliphatic hydroxyl groups is 4. The molecule has 18 heavy (non-hydrogen) atoms. The van der Waals surface area contributed by atoms with Crippen LogP contribution in [0.3, 0.4) is 0 Å². The molecular formula is C11H15NO6. The number of hydrogen-bond acceptors (Lipinski definition) is 6. The summed E-state index contributed by atoms with van der Waals surface area (Å²) < 4.78 is 5.95. The number of aromatic nitrogens is 1. The first kappa shape index (κ1) is 13.0. The standard InChI is InChI=1S/C11H15NO6/c1-18-11(17)5-2-3-12-6(4-13)8(14)10(16)9(15)7(5)12/h2-3,6,8-10,13-16H,4H2,1H3/t6-,8-,9+,10+/m1/s1. The summed E-state index contributed by atoms with van der Waals surface area (Å²) in [7, 11) is 1.20. The molecule has 0 aromatic carbocycles. The lowest BCUT2D eigenvalue weighted by Gasteiger charge is -2.36. The summed E-state index contributed by atoms with van der Waals surface area (Å²) in [6.45, 7) is -0.423. The molecule has 7 heteroatoms. The van der Waals surface area contributed by atoms with Crippen LogP contribution in [0.5, 0.6) is 0 Å². The Balaban J connectivity index is 2.53. The molecule has 1 aliphatic heterocycles. The molecular weight excluding hydrogens is 242 g/mol. The third-order valence-corrected chi connectivity index (χ3v) is 3.25. The number of methoxy groups -OCH3 is 1. The molecule has 4 N–H and O–H groups in total. The van der Waals surface area contributed by atoms with Crippen LogP contribution in [0.1, 0.15) is 28.2 Å². The van der Waals surface area contributed by atoms with Gasteiger partial charge in [0.15, 0.2) is 0 Å². The Bertz CT molecular complexity index is 456. The van der Waals surface area contributed by atoms with E-state index >= 15 is 0 Å². The monoisotopic (exact) mass is 257 g/mol. The van der Waals surface area contributed by atoms with Crippen LogP contribution in [-0.4, -0.2) is 56.9 Å². The third-order valence-electron chi connectivity index (χ3n) is 3.25. The SMILES string of the molecule is COC(=O)c1ccn2c1[C@H](O)[C@@H](O)[C@H](O)[C@H]2CO. The van der Waals surface area contributed by atoms with E-state index in [4.69, 9.17) is 0 Å². The first-order valence-electron chi connectivity index (χ1n) is 5.47. The lowest BCUT2D eigenvalue weighted by molar-refractivity contribution is -0.107. The van der Waals surface area contributed by atoms with E-state index in [0.29, 0.717) is 0 Å². The molecule has 0 unspecified atom stereocenters. The van der Waals surface area contributed by atoms with Crippen LogP contribution in [0.2, 0.25) is 0 Å². The number of carbonyl (C=O) groups excluding carboxylic acids is 1. The second-order valence-electron chi connectivity index (χ2n) is 4.19. The molecule has 7 nitrogen and oxygen atoms in total. The van der Waals surface area contributed by atoms with E-state index < -0.39 is 36.9 Å². The summed E-state index contributed by atoms with van der Waals surface area (Å²) in [5.41, 5.74) is 0.244. The summed E-state index contributed by atoms with van der Waals surface area (Å²) in [5.74, 6) is -0.650.